The van der Waals surface area contributed by atoms with Gasteiger partial charge in [-0.25, -0.2) is 9.59 Å². The molecule has 0 bridgehead atoms. The molecule has 0 radical (unpaired) electrons. The van der Waals surface area contributed by atoms with E-state index >= 15 is 0 Å². The lowest BCUT2D eigenvalue weighted by atomic mass is 10.1. The van der Waals surface area contributed by atoms with E-state index in [0.717, 1.165) is 17.4 Å². The maximum absolute atomic E-state index is 12.0. The third-order valence-corrected chi connectivity index (χ3v) is 3.99. The van der Waals surface area contributed by atoms with E-state index in [9.17, 15) is 14.4 Å². The topological polar surface area (TPSA) is 94.8 Å². The smallest absolute Gasteiger partial charge is 0.344 e. The number of carbonyl (C=O) groups excluding carboxylic acids is 2. The number of benzene rings is 2. The Morgan fingerprint density at radius 3 is 2.64 bits per heavy atom. The first kappa shape index (κ1) is 19.2. The second kappa shape index (κ2) is 8.85. The number of nitrogens with one attached hydrogen (secondary N) is 1. The van der Waals surface area contributed by atoms with E-state index in [2.05, 4.69) is 5.32 Å². The summed E-state index contributed by atoms with van der Waals surface area (Å²) in [5.41, 5.74) is 1.57. The van der Waals surface area contributed by atoms with Crippen molar-refractivity contribution in [2.75, 3.05) is 18.5 Å². The molecule has 1 amide bonds. The summed E-state index contributed by atoms with van der Waals surface area (Å²) < 4.78 is 15.3. The Morgan fingerprint density at radius 1 is 1.04 bits per heavy atom. The zero-order chi connectivity index (χ0) is 19.9. The Kier molecular flexibility index (Phi) is 6.06. The van der Waals surface area contributed by atoms with E-state index in [-0.39, 0.29) is 6.61 Å². The Labute approximate surface area is 160 Å². The average molecular weight is 381 g/mol. The lowest BCUT2D eigenvalue weighted by Gasteiger charge is -2.10. The molecule has 0 saturated heterocycles. The van der Waals surface area contributed by atoms with Crippen LogP contribution in [0.4, 0.5) is 5.69 Å². The van der Waals surface area contributed by atoms with Gasteiger partial charge in [0, 0.05) is 23.2 Å². The molecule has 3 aromatic rings. The van der Waals surface area contributed by atoms with Crippen LogP contribution in [-0.2, 0) is 20.7 Å². The molecule has 7 nitrogen and oxygen atoms in total. The summed E-state index contributed by atoms with van der Waals surface area (Å²) in [4.78, 5) is 35.0. The highest BCUT2D eigenvalue weighted by Gasteiger charge is 2.10. The van der Waals surface area contributed by atoms with Crippen LogP contribution >= 0.6 is 0 Å². The molecule has 0 saturated carbocycles. The first-order chi connectivity index (χ1) is 13.5. The van der Waals surface area contributed by atoms with Crippen LogP contribution in [0, 0.1) is 0 Å². The predicted molar refractivity (Wildman–Crippen MR) is 103 cm³/mol. The molecular weight excluding hydrogens is 362 g/mol. The number of carbonyl (C=O) groups is 2. The highest BCUT2D eigenvalue weighted by atomic mass is 16.6. The summed E-state index contributed by atoms with van der Waals surface area (Å²) in [6, 6.07) is 15.2. The molecule has 2 aromatic carbocycles. The Balaban J connectivity index is 1.49. The number of amides is 1. The van der Waals surface area contributed by atoms with Crippen LogP contribution in [0.3, 0.4) is 0 Å². The van der Waals surface area contributed by atoms with Gasteiger partial charge in [-0.05, 0) is 36.2 Å². The SMILES string of the molecule is CCc1ccccc1NC(=O)COC(=O)COc1ccc2ccc(=O)oc2c1. The van der Waals surface area contributed by atoms with E-state index in [1.54, 1.807) is 24.3 Å². The van der Waals surface area contributed by atoms with Crippen LogP contribution in [0.25, 0.3) is 11.0 Å². The molecule has 1 aromatic heterocycles. The lowest BCUT2D eigenvalue weighted by molar-refractivity contribution is -0.149. The van der Waals surface area contributed by atoms with Gasteiger partial charge in [0.15, 0.2) is 13.2 Å². The van der Waals surface area contributed by atoms with E-state index in [1.807, 2.05) is 25.1 Å². The van der Waals surface area contributed by atoms with Gasteiger partial charge in [-0.15, -0.1) is 0 Å². The Bertz CT molecular complexity index is 1060. The van der Waals surface area contributed by atoms with Crippen LogP contribution in [0.2, 0.25) is 0 Å². The highest BCUT2D eigenvalue weighted by molar-refractivity contribution is 5.93. The van der Waals surface area contributed by atoms with Gasteiger partial charge < -0.3 is 19.2 Å². The van der Waals surface area contributed by atoms with E-state index in [0.29, 0.717) is 17.0 Å². The van der Waals surface area contributed by atoms with Gasteiger partial charge in [0.05, 0.1) is 0 Å². The third-order valence-electron chi connectivity index (χ3n) is 3.99. The molecule has 0 aliphatic carbocycles. The first-order valence-electron chi connectivity index (χ1n) is 8.75. The molecule has 0 aliphatic heterocycles. The summed E-state index contributed by atoms with van der Waals surface area (Å²) in [6.45, 7) is 1.20. The molecule has 0 atom stereocenters. The van der Waals surface area contributed by atoms with Crippen molar-refractivity contribution < 1.29 is 23.5 Å². The van der Waals surface area contributed by atoms with Gasteiger partial charge in [-0.1, -0.05) is 25.1 Å². The fourth-order valence-electron chi connectivity index (χ4n) is 2.60. The minimum atomic E-state index is -0.687. The maximum Gasteiger partial charge on any atom is 0.344 e. The van der Waals surface area contributed by atoms with Crippen molar-refractivity contribution >= 4 is 28.5 Å². The van der Waals surface area contributed by atoms with Crippen molar-refractivity contribution in [1.29, 1.82) is 0 Å². The minimum Gasteiger partial charge on any atom is -0.482 e. The highest BCUT2D eigenvalue weighted by Crippen LogP contribution is 2.19. The molecule has 0 aliphatic rings. The van der Waals surface area contributed by atoms with Crippen LogP contribution < -0.4 is 15.7 Å². The molecule has 0 unspecified atom stereocenters. The fraction of sp³-hybridized carbons (Fsp3) is 0.190. The molecule has 1 heterocycles. The second-order valence-electron chi connectivity index (χ2n) is 5.96. The van der Waals surface area contributed by atoms with E-state index in [1.165, 1.54) is 12.1 Å². The zero-order valence-electron chi connectivity index (χ0n) is 15.3. The van der Waals surface area contributed by atoms with Crippen LogP contribution in [-0.4, -0.2) is 25.1 Å². The summed E-state index contributed by atoms with van der Waals surface area (Å²) >= 11 is 0. The summed E-state index contributed by atoms with van der Waals surface area (Å²) in [6.07, 6.45) is 0.774. The summed E-state index contributed by atoms with van der Waals surface area (Å²) in [7, 11) is 0. The number of fused-ring (bicyclic) bond motifs is 1. The van der Waals surface area contributed by atoms with Gasteiger partial charge in [0.25, 0.3) is 5.91 Å². The molecule has 0 fully saturated rings. The van der Waals surface area contributed by atoms with Crippen molar-refractivity contribution in [2.24, 2.45) is 0 Å². The number of anilines is 1. The third kappa shape index (κ3) is 4.97. The van der Waals surface area contributed by atoms with Gasteiger partial charge >= 0.3 is 11.6 Å². The number of rotatable bonds is 7. The van der Waals surface area contributed by atoms with Crippen molar-refractivity contribution in [3.05, 3.63) is 70.6 Å². The standard InChI is InChI=1S/C21H19NO6/c1-2-14-5-3-4-6-17(14)22-19(23)12-27-21(25)13-26-16-9-7-15-8-10-20(24)28-18(15)11-16/h3-11H,2,12-13H2,1H3,(H,22,23). The number of hydrogen-bond acceptors (Lipinski definition) is 6. The fourth-order valence-corrected chi connectivity index (χ4v) is 2.60. The van der Waals surface area contributed by atoms with Crippen molar-refractivity contribution in [2.45, 2.75) is 13.3 Å². The number of ether oxygens (including phenoxy) is 2. The second-order valence-corrected chi connectivity index (χ2v) is 5.96. The van der Waals surface area contributed by atoms with E-state index < -0.39 is 24.1 Å². The maximum atomic E-state index is 12.0. The van der Waals surface area contributed by atoms with Gasteiger partial charge in [0.2, 0.25) is 0 Å². The average Bonchev–Trinajstić information content (AvgIpc) is 2.70. The zero-order valence-corrected chi connectivity index (χ0v) is 15.3. The van der Waals surface area contributed by atoms with Gasteiger partial charge in [-0.2, -0.15) is 0 Å². The lowest BCUT2D eigenvalue weighted by Crippen LogP contribution is -2.24. The summed E-state index contributed by atoms with van der Waals surface area (Å²) in [5, 5.41) is 3.45. The molecule has 144 valence electrons. The van der Waals surface area contributed by atoms with Crippen molar-refractivity contribution in [3.8, 4) is 5.75 Å². The normalized spacial score (nSPS) is 10.5. The number of hydrogen-bond donors (Lipinski definition) is 1. The molecular formula is C21H19NO6. The number of aryl methyl sites for hydroxylation is 1. The van der Waals surface area contributed by atoms with Crippen molar-refractivity contribution in [3.63, 3.8) is 0 Å². The molecule has 28 heavy (non-hydrogen) atoms. The number of para-hydroxylation sites is 1. The van der Waals surface area contributed by atoms with Gasteiger partial charge in [0.1, 0.15) is 11.3 Å². The quantitative estimate of drug-likeness (QED) is 0.499. The van der Waals surface area contributed by atoms with Crippen LogP contribution in [0.15, 0.2) is 63.8 Å². The largest absolute Gasteiger partial charge is 0.482 e. The van der Waals surface area contributed by atoms with Gasteiger partial charge in [-0.3, -0.25) is 4.79 Å². The van der Waals surface area contributed by atoms with Crippen molar-refractivity contribution in [1.82, 2.24) is 0 Å². The minimum absolute atomic E-state index is 0.347. The summed E-state index contributed by atoms with van der Waals surface area (Å²) in [5.74, 6) is -0.768. The molecule has 0 spiro atoms. The number of esters is 1. The first-order valence-corrected chi connectivity index (χ1v) is 8.75. The van der Waals surface area contributed by atoms with E-state index in [4.69, 9.17) is 13.9 Å². The predicted octanol–water partition coefficient (Wildman–Crippen LogP) is 2.92. The molecule has 3 rings (SSSR count). The Hall–Kier alpha value is -3.61. The Morgan fingerprint density at radius 2 is 1.82 bits per heavy atom. The molecule has 7 heteroatoms. The molecule has 1 N–H and O–H groups in total. The monoisotopic (exact) mass is 381 g/mol. The van der Waals surface area contributed by atoms with Crippen LogP contribution in [0.1, 0.15) is 12.5 Å². The van der Waals surface area contributed by atoms with Crippen LogP contribution in [0.5, 0.6) is 5.75 Å².